The van der Waals surface area contributed by atoms with Crippen molar-refractivity contribution in [3.63, 3.8) is 0 Å². The smallest absolute Gasteiger partial charge is 0.244 e. The molecule has 0 saturated heterocycles. The van der Waals surface area contributed by atoms with Gasteiger partial charge in [-0.3, -0.25) is 4.79 Å². The molecule has 0 aliphatic carbocycles. The van der Waals surface area contributed by atoms with Crippen LogP contribution in [0.3, 0.4) is 0 Å². The SMILES string of the molecule is CC(C)Cc1ccc([C@H](C)NC(=O)Cn2nnc(-c3ccccc3)n2)cc1. The Balaban J connectivity index is 1.56. The van der Waals surface area contributed by atoms with Crippen LogP contribution in [0.1, 0.15) is 37.9 Å². The van der Waals surface area contributed by atoms with E-state index < -0.39 is 0 Å². The maximum absolute atomic E-state index is 12.3. The summed E-state index contributed by atoms with van der Waals surface area (Å²) < 4.78 is 0. The number of amides is 1. The number of hydrogen-bond donors (Lipinski definition) is 1. The number of aromatic nitrogens is 4. The van der Waals surface area contributed by atoms with E-state index in [4.69, 9.17) is 0 Å². The van der Waals surface area contributed by atoms with Gasteiger partial charge in [-0.2, -0.15) is 4.80 Å². The minimum Gasteiger partial charge on any atom is -0.348 e. The summed E-state index contributed by atoms with van der Waals surface area (Å²) in [6.07, 6.45) is 1.06. The normalized spacial score (nSPS) is 12.1. The van der Waals surface area contributed by atoms with Crippen LogP contribution in [0.5, 0.6) is 0 Å². The molecule has 1 amide bonds. The molecule has 0 fully saturated rings. The number of carbonyl (C=O) groups is 1. The fourth-order valence-corrected chi connectivity index (χ4v) is 2.93. The molecule has 3 rings (SSSR count). The second-order valence-electron chi connectivity index (χ2n) is 7.14. The number of nitrogens with zero attached hydrogens (tertiary/aromatic N) is 4. The lowest BCUT2D eigenvalue weighted by Crippen LogP contribution is -2.30. The number of benzene rings is 2. The van der Waals surface area contributed by atoms with Crippen LogP contribution in [-0.2, 0) is 17.8 Å². The molecule has 0 aliphatic heterocycles. The molecule has 0 unspecified atom stereocenters. The lowest BCUT2D eigenvalue weighted by Gasteiger charge is -2.15. The summed E-state index contributed by atoms with van der Waals surface area (Å²) in [4.78, 5) is 13.6. The molecule has 0 saturated carbocycles. The molecule has 1 atom stereocenters. The Bertz CT molecular complexity index is 871. The zero-order valence-corrected chi connectivity index (χ0v) is 16.0. The number of carbonyl (C=O) groups excluding carboxylic acids is 1. The van der Waals surface area contributed by atoms with Gasteiger partial charge in [0.15, 0.2) is 0 Å². The summed E-state index contributed by atoms with van der Waals surface area (Å²) in [5.74, 6) is 0.992. The van der Waals surface area contributed by atoms with Gasteiger partial charge in [-0.25, -0.2) is 0 Å². The molecular weight excluding hydrogens is 338 g/mol. The van der Waals surface area contributed by atoms with E-state index >= 15 is 0 Å². The van der Waals surface area contributed by atoms with Crippen LogP contribution in [0.4, 0.5) is 0 Å². The first kappa shape index (κ1) is 18.8. The molecule has 0 radical (unpaired) electrons. The van der Waals surface area contributed by atoms with Crippen molar-refractivity contribution < 1.29 is 4.79 Å². The number of nitrogens with one attached hydrogen (secondary N) is 1. The molecule has 1 heterocycles. The van der Waals surface area contributed by atoms with Crippen molar-refractivity contribution in [2.45, 2.75) is 39.8 Å². The van der Waals surface area contributed by atoms with Crippen LogP contribution in [0.15, 0.2) is 54.6 Å². The Morgan fingerprint density at radius 2 is 1.74 bits per heavy atom. The Morgan fingerprint density at radius 3 is 2.41 bits per heavy atom. The first-order chi connectivity index (χ1) is 13.0. The molecule has 1 N–H and O–H groups in total. The number of rotatable bonds is 7. The molecule has 6 heteroatoms. The third-order valence-electron chi connectivity index (χ3n) is 4.27. The van der Waals surface area contributed by atoms with Crippen molar-refractivity contribution >= 4 is 5.91 Å². The maximum atomic E-state index is 12.3. The van der Waals surface area contributed by atoms with Gasteiger partial charge in [-0.15, -0.1) is 10.2 Å². The van der Waals surface area contributed by atoms with Gasteiger partial charge in [0.25, 0.3) is 0 Å². The van der Waals surface area contributed by atoms with Gasteiger partial charge in [0, 0.05) is 5.56 Å². The first-order valence-corrected chi connectivity index (χ1v) is 9.22. The van der Waals surface area contributed by atoms with E-state index in [9.17, 15) is 4.79 Å². The average molecular weight is 363 g/mol. The molecule has 140 valence electrons. The maximum Gasteiger partial charge on any atom is 0.244 e. The zero-order valence-electron chi connectivity index (χ0n) is 16.0. The quantitative estimate of drug-likeness (QED) is 0.698. The Kier molecular flexibility index (Phi) is 5.96. The van der Waals surface area contributed by atoms with E-state index in [0.29, 0.717) is 11.7 Å². The second-order valence-corrected chi connectivity index (χ2v) is 7.14. The number of hydrogen-bond acceptors (Lipinski definition) is 4. The Hall–Kier alpha value is -3.02. The molecule has 27 heavy (non-hydrogen) atoms. The van der Waals surface area contributed by atoms with E-state index in [2.05, 4.69) is 58.8 Å². The summed E-state index contributed by atoms with van der Waals surface area (Å²) in [6.45, 7) is 6.42. The zero-order chi connectivity index (χ0) is 19.2. The third kappa shape index (κ3) is 5.23. The first-order valence-electron chi connectivity index (χ1n) is 9.22. The van der Waals surface area contributed by atoms with Gasteiger partial charge in [0.2, 0.25) is 11.7 Å². The van der Waals surface area contributed by atoms with Crippen LogP contribution < -0.4 is 5.32 Å². The van der Waals surface area contributed by atoms with Gasteiger partial charge < -0.3 is 5.32 Å². The van der Waals surface area contributed by atoms with E-state index in [0.717, 1.165) is 17.5 Å². The van der Waals surface area contributed by atoms with Crippen molar-refractivity contribution in [1.82, 2.24) is 25.5 Å². The van der Waals surface area contributed by atoms with Gasteiger partial charge in [0.1, 0.15) is 6.54 Å². The summed E-state index contributed by atoms with van der Waals surface area (Å²) in [5, 5.41) is 15.2. The molecule has 1 aromatic heterocycles. The van der Waals surface area contributed by atoms with Crippen molar-refractivity contribution in [3.05, 3.63) is 65.7 Å². The molecule has 2 aromatic carbocycles. The van der Waals surface area contributed by atoms with Crippen LogP contribution >= 0.6 is 0 Å². The highest BCUT2D eigenvalue weighted by Crippen LogP contribution is 2.16. The Labute approximate surface area is 159 Å². The summed E-state index contributed by atoms with van der Waals surface area (Å²) in [6, 6.07) is 17.9. The van der Waals surface area contributed by atoms with Crippen molar-refractivity contribution in [2.75, 3.05) is 0 Å². The highest BCUT2D eigenvalue weighted by atomic mass is 16.2. The molecule has 0 bridgehead atoms. The molecule has 0 spiro atoms. The van der Waals surface area contributed by atoms with Crippen LogP contribution in [0.25, 0.3) is 11.4 Å². The fourth-order valence-electron chi connectivity index (χ4n) is 2.93. The topological polar surface area (TPSA) is 72.7 Å². The fraction of sp³-hybridized carbons (Fsp3) is 0.333. The van der Waals surface area contributed by atoms with E-state index in [1.165, 1.54) is 10.4 Å². The van der Waals surface area contributed by atoms with Crippen molar-refractivity contribution in [3.8, 4) is 11.4 Å². The average Bonchev–Trinajstić information content (AvgIpc) is 3.11. The highest BCUT2D eigenvalue weighted by molar-refractivity contribution is 5.76. The summed E-state index contributed by atoms with van der Waals surface area (Å²) >= 11 is 0. The van der Waals surface area contributed by atoms with Crippen molar-refractivity contribution in [1.29, 1.82) is 0 Å². The summed E-state index contributed by atoms with van der Waals surface area (Å²) in [5.41, 5.74) is 3.26. The highest BCUT2D eigenvalue weighted by Gasteiger charge is 2.13. The standard InChI is InChI=1S/C21H25N5O/c1-15(2)13-17-9-11-18(12-10-17)16(3)22-20(27)14-26-24-21(23-25-26)19-7-5-4-6-8-19/h4-12,15-16H,13-14H2,1-3H3,(H,22,27)/t16-/m0/s1. The Morgan fingerprint density at radius 1 is 1.04 bits per heavy atom. The van der Waals surface area contributed by atoms with E-state index in [-0.39, 0.29) is 18.5 Å². The van der Waals surface area contributed by atoms with Gasteiger partial charge in [-0.05, 0) is 35.6 Å². The predicted octanol–water partition coefficient (Wildman–Crippen LogP) is 3.42. The van der Waals surface area contributed by atoms with Gasteiger partial charge >= 0.3 is 0 Å². The van der Waals surface area contributed by atoms with E-state index in [1.807, 2.05) is 37.3 Å². The number of tetrazole rings is 1. The predicted molar refractivity (Wildman–Crippen MR) is 105 cm³/mol. The van der Waals surface area contributed by atoms with Gasteiger partial charge in [-0.1, -0.05) is 68.4 Å². The lowest BCUT2D eigenvalue weighted by atomic mass is 10.00. The monoisotopic (exact) mass is 363 g/mol. The molecular formula is C21H25N5O. The van der Waals surface area contributed by atoms with E-state index in [1.54, 1.807) is 0 Å². The molecule has 0 aliphatic rings. The molecule has 3 aromatic rings. The minimum atomic E-state index is -0.147. The van der Waals surface area contributed by atoms with Gasteiger partial charge in [0.05, 0.1) is 6.04 Å². The second kappa shape index (κ2) is 8.58. The van der Waals surface area contributed by atoms with Crippen molar-refractivity contribution in [2.24, 2.45) is 5.92 Å². The molecule has 6 nitrogen and oxygen atoms in total. The summed E-state index contributed by atoms with van der Waals surface area (Å²) in [7, 11) is 0. The van der Waals surface area contributed by atoms with Crippen LogP contribution in [0, 0.1) is 5.92 Å². The lowest BCUT2D eigenvalue weighted by molar-refractivity contribution is -0.122. The van der Waals surface area contributed by atoms with Crippen LogP contribution in [-0.4, -0.2) is 26.1 Å². The third-order valence-corrected chi connectivity index (χ3v) is 4.27. The minimum absolute atomic E-state index is 0.0373. The largest absolute Gasteiger partial charge is 0.348 e. The van der Waals surface area contributed by atoms with Crippen LogP contribution in [0.2, 0.25) is 0 Å².